The van der Waals surface area contributed by atoms with E-state index in [0.29, 0.717) is 5.75 Å². The maximum atomic E-state index is 12.8. The molecular formula is C18H21N3O3S. The zero-order valence-electron chi connectivity index (χ0n) is 14.5. The topological polar surface area (TPSA) is 62.8 Å². The standard InChI is InChI=1S/C18H21N3O3S/c1-21-7-6-12-14(9-21)25-18-15(12)17(22)19-16(20-18)11-5-4-10(23-2)8-13(11)24-3/h4-5,8,16,20H,6-7,9H2,1-3H3,(H,19,22). The number of nitrogens with zero attached hydrogens (tertiary/aromatic N) is 1. The van der Waals surface area contributed by atoms with Crippen molar-refractivity contribution in [3.05, 3.63) is 39.8 Å². The highest BCUT2D eigenvalue weighted by molar-refractivity contribution is 7.16. The van der Waals surface area contributed by atoms with Crippen LogP contribution in [0.25, 0.3) is 0 Å². The summed E-state index contributed by atoms with van der Waals surface area (Å²) in [6.07, 6.45) is 0.599. The zero-order chi connectivity index (χ0) is 17.6. The molecule has 1 atom stereocenters. The Balaban J connectivity index is 1.69. The van der Waals surface area contributed by atoms with E-state index in [1.165, 1.54) is 10.4 Å². The molecule has 1 amide bonds. The molecule has 1 aromatic heterocycles. The van der Waals surface area contributed by atoms with Crippen LogP contribution in [0.1, 0.15) is 32.5 Å². The van der Waals surface area contributed by atoms with E-state index in [-0.39, 0.29) is 12.1 Å². The van der Waals surface area contributed by atoms with E-state index in [4.69, 9.17) is 9.47 Å². The first kappa shape index (κ1) is 16.2. The molecule has 2 aromatic rings. The number of methoxy groups -OCH3 is 2. The van der Waals surface area contributed by atoms with Crippen molar-refractivity contribution in [1.82, 2.24) is 10.2 Å². The smallest absolute Gasteiger partial charge is 0.256 e. The second kappa shape index (κ2) is 6.24. The third kappa shape index (κ3) is 2.73. The molecule has 2 N–H and O–H groups in total. The lowest BCUT2D eigenvalue weighted by Gasteiger charge is -2.28. The van der Waals surface area contributed by atoms with E-state index < -0.39 is 0 Å². The summed E-state index contributed by atoms with van der Waals surface area (Å²) in [5, 5.41) is 7.50. The van der Waals surface area contributed by atoms with Gasteiger partial charge in [-0.15, -0.1) is 11.3 Å². The average molecular weight is 359 g/mol. The molecule has 132 valence electrons. The number of carbonyl (C=O) groups is 1. The maximum absolute atomic E-state index is 12.8. The number of anilines is 1. The summed E-state index contributed by atoms with van der Waals surface area (Å²) < 4.78 is 10.7. The van der Waals surface area contributed by atoms with Gasteiger partial charge in [0.1, 0.15) is 22.7 Å². The number of rotatable bonds is 3. The Kier molecular flexibility index (Phi) is 4.05. The normalized spacial score (nSPS) is 19.5. The summed E-state index contributed by atoms with van der Waals surface area (Å²) in [7, 11) is 5.35. The van der Waals surface area contributed by atoms with Crippen molar-refractivity contribution in [2.75, 3.05) is 33.1 Å². The number of amides is 1. The first-order valence-electron chi connectivity index (χ1n) is 8.23. The lowest BCUT2D eigenvalue weighted by molar-refractivity contribution is 0.0934. The summed E-state index contributed by atoms with van der Waals surface area (Å²) in [5.74, 6) is 1.39. The van der Waals surface area contributed by atoms with Crippen molar-refractivity contribution in [3.63, 3.8) is 0 Å². The highest BCUT2D eigenvalue weighted by Gasteiger charge is 2.33. The van der Waals surface area contributed by atoms with Crippen LogP contribution in [0.2, 0.25) is 0 Å². The summed E-state index contributed by atoms with van der Waals surface area (Å²) in [4.78, 5) is 16.3. The SMILES string of the molecule is COc1ccc(C2NC(=O)c3c(sc4c3CCN(C)C4)N2)c(OC)c1. The predicted octanol–water partition coefficient (Wildman–Crippen LogP) is 2.61. The summed E-state index contributed by atoms with van der Waals surface area (Å²) >= 11 is 1.69. The molecule has 0 aliphatic carbocycles. The number of hydrogen-bond donors (Lipinski definition) is 2. The van der Waals surface area contributed by atoms with E-state index in [2.05, 4.69) is 22.6 Å². The van der Waals surface area contributed by atoms with Gasteiger partial charge < -0.3 is 25.0 Å². The molecule has 0 saturated heterocycles. The van der Waals surface area contributed by atoms with Gasteiger partial charge in [-0.1, -0.05) is 0 Å². The van der Waals surface area contributed by atoms with Gasteiger partial charge in [-0.2, -0.15) is 0 Å². The van der Waals surface area contributed by atoms with E-state index in [1.807, 2.05) is 18.2 Å². The monoisotopic (exact) mass is 359 g/mol. The molecule has 0 fully saturated rings. The Morgan fingerprint density at radius 3 is 2.84 bits per heavy atom. The quantitative estimate of drug-likeness (QED) is 0.882. The van der Waals surface area contributed by atoms with Crippen LogP contribution in [0.4, 0.5) is 5.00 Å². The van der Waals surface area contributed by atoms with Gasteiger partial charge in [0.05, 0.1) is 19.8 Å². The Hall–Kier alpha value is -2.25. The zero-order valence-corrected chi connectivity index (χ0v) is 15.3. The van der Waals surface area contributed by atoms with Gasteiger partial charge in [-0.3, -0.25) is 4.79 Å². The molecule has 25 heavy (non-hydrogen) atoms. The second-order valence-electron chi connectivity index (χ2n) is 6.35. The number of fused-ring (bicyclic) bond motifs is 3. The molecular weight excluding hydrogens is 338 g/mol. The first-order valence-corrected chi connectivity index (χ1v) is 9.04. The third-order valence-corrected chi connectivity index (χ3v) is 5.93. The lowest BCUT2D eigenvalue weighted by Crippen LogP contribution is -2.38. The van der Waals surface area contributed by atoms with Crippen LogP contribution in [-0.2, 0) is 13.0 Å². The predicted molar refractivity (Wildman–Crippen MR) is 97.7 cm³/mol. The fourth-order valence-electron chi connectivity index (χ4n) is 3.46. The first-order chi connectivity index (χ1) is 12.1. The van der Waals surface area contributed by atoms with E-state index >= 15 is 0 Å². The van der Waals surface area contributed by atoms with Crippen molar-refractivity contribution in [1.29, 1.82) is 0 Å². The van der Waals surface area contributed by atoms with Crippen molar-refractivity contribution >= 4 is 22.2 Å². The van der Waals surface area contributed by atoms with Gasteiger partial charge in [0, 0.05) is 29.6 Å². The Morgan fingerprint density at radius 2 is 2.08 bits per heavy atom. The van der Waals surface area contributed by atoms with E-state index in [0.717, 1.165) is 41.4 Å². The van der Waals surface area contributed by atoms with Gasteiger partial charge in [-0.25, -0.2) is 0 Å². The Bertz CT molecular complexity index is 833. The maximum Gasteiger partial charge on any atom is 0.256 e. The van der Waals surface area contributed by atoms with Crippen LogP contribution >= 0.6 is 11.3 Å². The van der Waals surface area contributed by atoms with Crippen LogP contribution in [0.3, 0.4) is 0 Å². The fraction of sp³-hybridized carbons (Fsp3) is 0.389. The highest BCUT2D eigenvalue weighted by atomic mass is 32.1. The molecule has 1 unspecified atom stereocenters. The van der Waals surface area contributed by atoms with Crippen LogP contribution in [-0.4, -0.2) is 38.6 Å². The number of nitrogens with one attached hydrogen (secondary N) is 2. The number of ether oxygens (including phenoxy) is 2. The molecule has 0 radical (unpaired) electrons. The fourth-order valence-corrected chi connectivity index (χ4v) is 4.81. The van der Waals surface area contributed by atoms with Gasteiger partial charge in [-0.05, 0) is 31.2 Å². The highest BCUT2D eigenvalue weighted by Crippen LogP contribution is 2.41. The van der Waals surface area contributed by atoms with Crippen LogP contribution in [0.15, 0.2) is 18.2 Å². The number of likely N-dealkylation sites (N-methyl/N-ethyl adjacent to an activating group) is 1. The summed E-state index contributed by atoms with van der Waals surface area (Å²) in [6, 6.07) is 5.62. The Labute approximate surface area is 150 Å². The molecule has 2 aliphatic heterocycles. The lowest BCUT2D eigenvalue weighted by atomic mass is 10.0. The number of thiophene rings is 1. The largest absolute Gasteiger partial charge is 0.497 e. The van der Waals surface area contributed by atoms with Gasteiger partial charge in [0.2, 0.25) is 0 Å². The summed E-state index contributed by atoms with van der Waals surface area (Å²) in [5.41, 5.74) is 2.89. The van der Waals surface area contributed by atoms with Gasteiger partial charge in [0.15, 0.2) is 0 Å². The number of benzene rings is 1. The third-order valence-electron chi connectivity index (χ3n) is 4.78. The molecule has 7 heteroatoms. The van der Waals surface area contributed by atoms with Crippen LogP contribution < -0.4 is 20.1 Å². The minimum atomic E-state index is -0.321. The molecule has 3 heterocycles. The molecule has 4 rings (SSSR count). The van der Waals surface area contributed by atoms with Crippen molar-refractivity contribution < 1.29 is 14.3 Å². The molecule has 2 aliphatic rings. The van der Waals surface area contributed by atoms with Crippen LogP contribution in [0, 0.1) is 0 Å². The van der Waals surface area contributed by atoms with E-state index in [9.17, 15) is 4.79 Å². The van der Waals surface area contributed by atoms with Crippen LogP contribution in [0.5, 0.6) is 11.5 Å². The molecule has 0 saturated carbocycles. The minimum absolute atomic E-state index is 0.0151. The van der Waals surface area contributed by atoms with Crippen molar-refractivity contribution in [2.45, 2.75) is 19.1 Å². The molecule has 0 spiro atoms. The van der Waals surface area contributed by atoms with Crippen molar-refractivity contribution in [2.24, 2.45) is 0 Å². The number of carbonyl (C=O) groups excluding carboxylic acids is 1. The second-order valence-corrected chi connectivity index (χ2v) is 7.46. The molecule has 6 nitrogen and oxygen atoms in total. The minimum Gasteiger partial charge on any atom is -0.497 e. The average Bonchev–Trinajstić information content (AvgIpc) is 2.98. The van der Waals surface area contributed by atoms with E-state index in [1.54, 1.807) is 25.6 Å². The molecule has 0 bridgehead atoms. The summed E-state index contributed by atoms with van der Waals surface area (Å²) in [6.45, 7) is 1.89. The van der Waals surface area contributed by atoms with Gasteiger partial charge in [0.25, 0.3) is 5.91 Å². The Morgan fingerprint density at radius 1 is 1.24 bits per heavy atom. The number of hydrogen-bond acceptors (Lipinski definition) is 6. The van der Waals surface area contributed by atoms with Crippen molar-refractivity contribution in [3.8, 4) is 11.5 Å². The molecule has 1 aromatic carbocycles. The van der Waals surface area contributed by atoms with Gasteiger partial charge >= 0.3 is 0 Å².